The van der Waals surface area contributed by atoms with E-state index in [1.807, 2.05) is 0 Å². The van der Waals surface area contributed by atoms with E-state index in [1.165, 1.54) is 0 Å². The van der Waals surface area contributed by atoms with E-state index in [-0.39, 0.29) is 30.7 Å². The summed E-state index contributed by atoms with van der Waals surface area (Å²) in [6.07, 6.45) is 0. The molecule has 1 rings (SSSR count). The molecule has 0 unspecified atom stereocenters. The normalized spacial score (nSPS) is 11.6. The molecule has 0 atom stereocenters. The molecule has 0 heterocycles. The Kier molecular flexibility index (Phi) is 5.07. The minimum atomic E-state index is -0.710. The number of benzene rings is 1. The molecular weight excluding hydrogens is 341 g/mol. The van der Waals surface area contributed by atoms with Crippen LogP contribution >= 0.6 is 58.0 Å². The maximum absolute atomic E-state index is 12.0. The highest BCUT2D eigenvalue weighted by Crippen LogP contribution is 2.44. The molecule has 18 heavy (non-hydrogen) atoms. The Morgan fingerprint density at radius 3 is 1.50 bits per heavy atom. The van der Waals surface area contributed by atoms with Crippen LogP contribution in [0.3, 0.4) is 0 Å². The minimum Gasteiger partial charge on any atom is -0.456 e. The standard InChI is InChI=1S/C11H9Cl5O2/c1-11(2,3)18-10(17)4-5(12)7(14)9(16)8(15)6(4)13/h1-3H3. The van der Waals surface area contributed by atoms with E-state index in [9.17, 15) is 4.79 Å². The van der Waals surface area contributed by atoms with Crippen molar-refractivity contribution in [2.75, 3.05) is 0 Å². The van der Waals surface area contributed by atoms with Gasteiger partial charge in [0, 0.05) is 0 Å². The summed E-state index contributed by atoms with van der Waals surface area (Å²) in [6, 6.07) is 0. The van der Waals surface area contributed by atoms with E-state index in [0.717, 1.165) is 0 Å². The van der Waals surface area contributed by atoms with Gasteiger partial charge in [-0.05, 0) is 20.8 Å². The Labute approximate surface area is 130 Å². The number of halogens is 5. The molecule has 100 valence electrons. The Bertz CT molecular complexity index is 476. The van der Waals surface area contributed by atoms with Gasteiger partial charge in [-0.2, -0.15) is 0 Å². The maximum atomic E-state index is 12.0. The number of hydrogen-bond acceptors (Lipinski definition) is 2. The summed E-state index contributed by atoms with van der Waals surface area (Å²) in [5.41, 5.74) is -0.782. The average molecular weight is 350 g/mol. The van der Waals surface area contributed by atoms with Gasteiger partial charge in [-0.15, -0.1) is 0 Å². The summed E-state index contributed by atoms with van der Waals surface area (Å²) in [5.74, 6) is -0.710. The SMILES string of the molecule is CC(C)(C)OC(=O)c1c(Cl)c(Cl)c(Cl)c(Cl)c1Cl. The molecule has 0 aromatic heterocycles. The van der Waals surface area contributed by atoms with Gasteiger partial charge < -0.3 is 4.74 Å². The highest BCUT2D eigenvalue weighted by Gasteiger charge is 2.27. The van der Waals surface area contributed by atoms with Gasteiger partial charge in [0.2, 0.25) is 0 Å². The molecule has 0 fully saturated rings. The second kappa shape index (κ2) is 5.64. The number of carbonyl (C=O) groups is 1. The lowest BCUT2D eigenvalue weighted by Crippen LogP contribution is -2.24. The zero-order valence-electron chi connectivity index (χ0n) is 9.71. The monoisotopic (exact) mass is 348 g/mol. The summed E-state index contributed by atoms with van der Waals surface area (Å²) in [6.45, 7) is 5.14. The first-order valence-electron chi connectivity index (χ1n) is 4.81. The Morgan fingerprint density at radius 2 is 1.17 bits per heavy atom. The van der Waals surface area contributed by atoms with Crippen molar-refractivity contribution in [3.8, 4) is 0 Å². The van der Waals surface area contributed by atoms with E-state index < -0.39 is 11.6 Å². The second-order valence-corrected chi connectivity index (χ2v) is 6.34. The van der Waals surface area contributed by atoms with Crippen LogP contribution in [-0.4, -0.2) is 11.6 Å². The van der Waals surface area contributed by atoms with Crippen LogP contribution in [0.25, 0.3) is 0 Å². The molecule has 0 radical (unpaired) electrons. The quantitative estimate of drug-likeness (QED) is 0.357. The zero-order valence-corrected chi connectivity index (χ0v) is 13.5. The Hall–Kier alpha value is 0.140. The molecule has 1 aromatic carbocycles. The lowest BCUT2D eigenvalue weighted by molar-refractivity contribution is 0.00700. The van der Waals surface area contributed by atoms with Gasteiger partial charge in [0.05, 0.1) is 30.7 Å². The van der Waals surface area contributed by atoms with Gasteiger partial charge in [-0.3, -0.25) is 0 Å². The van der Waals surface area contributed by atoms with Crippen LogP contribution in [0.2, 0.25) is 25.1 Å². The summed E-state index contributed by atoms with van der Waals surface area (Å²) in [7, 11) is 0. The number of esters is 1. The third kappa shape index (κ3) is 3.37. The molecule has 0 saturated carbocycles. The highest BCUT2D eigenvalue weighted by molar-refractivity contribution is 6.56. The molecule has 0 saturated heterocycles. The number of hydrogen-bond donors (Lipinski definition) is 0. The lowest BCUT2D eigenvalue weighted by Gasteiger charge is -2.21. The van der Waals surface area contributed by atoms with Crippen LogP contribution in [0.5, 0.6) is 0 Å². The fraction of sp³-hybridized carbons (Fsp3) is 0.364. The predicted molar refractivity (Wildman–Crippen MR) is 76.7 cm³/mol. The molecule has 7 heteroatoms. The second-order valence-electron chi connectivity index (χ2n) is 4.45. The fourth-order valence-electron chi connectivity index (χ4n) is 1.11. The van der Waals surface area contributed by atoms with Crippen molar-refractivity contribution in [1.29, 1.82) is 0 Å². The smallest absolute Gasteiger partial charge is 0.341 e. The number of ether oxygens (including phenoxy) is 1. The van der Waals surface area contributed by atoms with E-state index in [2.05, 4.69) is 0 Å². The van der Waals surface area contributed by atoms with E-state index >= 15 is 0 Å². The van der Waals surface area contributed by atoms with Crippen molar-refractivity contribution < 1.29 is 9.53 Å². The Balaban J connectivity index is 3.38. The largest absolute Gasteiger partial charge is 0.456 e. The minimum absolute atomic E-state index is 0.000594. The van der Waals surface area contributed by atoms with Crippen molar-refractivity contribution in [2.24, 2.45) is 0 Å². The fourth-order valence-corrected chi connectivity index (χ4v) is 2.41. The molecule has 1 aromatic rings. The van der Waals surface area contributed by atoms with E-state index in [4.69, 9.17) is 62.7 Å². The molecule has 0 aliphatic carbocycles. The zero-order chi connectivity index (χ0) is 14.2. The number of rotatable bonds is 1. The molecule has 0 spiro atoms. The van der Waals surface area contributed by atoms with Gasteiger partial charge in [-0.1, -0.05) is 58.0 Å². The average Bonchev–Trinajstić information content (AvgIpc) is 2.21. The van der Waals surface area contributed by atoms with Crippen molar-refractivity contribution in [3.63, 3.8) is 0 Å². The molecule has 0 aliphatic rings. The first-order valence-corrected chi connectivity index (χ1v) is 6.70. The van der Waals surface area contributed by atoms with Gasteiger partial charge in [0.15, 0.2) is 0 Å². The maximum Gasteiger partial charge on any atom is 0.341 e. The molecule has 0 amide bonds. The topological polar surface area (TPSA) is 26.3 Å². The summed E-state index contributed by atoms with van der Waals surface area (Å²) in [4.78, 5) is 12.0. The van der Waals surface area contributed by atoms with Gasteiger partial charge in [-0.25, -0.2) is 4.79 Å². The van der Waals surface area contributed by atoms with E-state index in [0.29, 0.717) is 0 Å². The first kappa shape index (κ1) is 16.2. The summed E-state index contributed by atoms with van der Waals surface area (Å²) in [5, 5.41) is -0.224. The Morgan fingerprint density at radius 1 is 0.833 bits per heavy atom. The molecule has 0 aliphatic heterocycles. The summed E-state index contributed by atoms with van der Waals surface area (Å²) < 4.78 is 5.17. The van der Waals surface area contributed by atoms with E-state index in [1.54, 1.807) is 20.8 Å². The molecular formula is C11H9Cl5O2. The summed E-state index contributed by atoms with van der Waals surface area (Å²) >= 11 is 29.4. The predicted octanol–water partition coefficient (Wildman–Crippen LogP) is 5.91. The lowest BCUT2D eigenvalue weighted by atomic mass is 10.1. The van der Waals surface area contributed by atoms with Gasteiger partial charge in [0.25, 0.3) is 0 Å². The molecule has 2 nitrogen and oxygen atoms in total. The van der Waals surface area contributed by atoms with Crippen LogP contribution in [0.4, 0.5) is 0 Å². The van der Waals surface area contributed by atoms with Crippen molar-refractivity contribution in [2.45, 2.75) is 26.4 Å². The van der Waals surface area contributed by atoms with Crippen LogP contribution in [0.1, 0.15) is 31.1 Å². The first-order chi connectivity index (χ1) is 8.06. The third-order valence-electron chi connectivity index (χ3n) is 1.81. The highest BCUT2D eigenvalue weighted by atomic mass is 35.5. The van der Waals surface area contributed by atoms with Crippen molar-refractivity contribution in [1.82, 2.24) is 0 Å². The third-order valence-corrected chi connectivity index (χ3v) is 4.09. The van der Waals surface area contributed by atoms with Crippen LogP contribution < -0.4 is 0 Å². The van der Waals surface area contributed by atoms with Crippen molar-refractivity contribution in [3.05, 3.63) is 30.7 Å². The van der Waals surface area contributed by atoms with Crippen LogP contribution in [-0.2, 0) is 4.74 Å². The van der Waals surface area contributed by atoms with Crippen LogP contribution in [0.15, 0.2) is 0 Å². The molecule has 0 N–H and O–H groups in total. The molecule has 0 bridgehead atoms. The van der Waals surface area contributed by atoms with Crippen LogP contribution in [0, 0.1) is 0 Å². The van der Waals surface area contributed by atoms with Crippen molar-refractivity contribution >= 4 is 64.0 Å². The van der Waals surface area contributed by atoms with Gasteiger partial charge >= 0.3 is 5.97 Å². The van der Waals surface area contributed by atoms with Gasteiger partial charge in [0.1, 0.15) is 5.60 Å². The number of carbonyl (C=O) groups excluding carboxylic acids is 1.